The van der Waals surface area contributed by atoms with E-state index in [9.17, 15) is 9.18 Å². The molecule has 0 fully saturated rings. The summed E-state index contributed by atoms with van der Waals surface area (Å²) in [6.45, 7) is 0. The number of hydrogen-bond acceptors (Lipinski definition) is 3. The van der Waals surface area contributed by atoms with Crippen LogP contribution in [0, 0.1) is 5.82 Å². The summed E-state index contributed by atoms with van der Waals surface area (Å²) < 4.78 is 18.1. The molecule has 3 nitrogen and oxygen atoms in total. The number of aromatic nitrogens is 1. The first-order valence-corrected chi connectivity index (χ1v) is 5.44. The molecular formula is C10H3Cl3FNO2. The molecule has 7 heteroatoms. The molecular weight excluding hydrogens is 291 g/mol. The predicted octanol–water partition coefficient (Wildman–Crippen LogP) is 4.17. The Morgan fingerprint density at radius 1 is 1.35 bits per heavy atom. The summed E-state index contributed by atoms with van der Waals surface area (Å²) in [4.78, 5) is 10.9. The fourth-order valence-corrected chi connectivity index (χ4v) is 1.78. The van der Waals surface area contributed by atoms with Gasteiger partial charge in [-0.3, -0.25) is 4.79 Å². The molecule has 0 unspecified atom stereocenters. The maximum absolute atomic E-state index is 13.2. The zero-order chi connectivity index (χ0) is 12.6. The molecule has 0 spiro atoms. The monoisotopic (exact) mass is 293 g/mol. The van der Waals surface area contributed by atoms with Gasteiger partial charge in [0.15, 0.2) is 11.5 Å². The van der Waals surface area contributed by atoms with E-state index in [1.807, 2.05) is 0 Å². The molecule has 0 saturated carbocycles. The van der Waals surface area contributed by atoms with E-state index >= 15 is 0 Å². The Balaban J connectivity index is 2.53. The lowest BCUT2D eigenvalue weighted by atomic mass is 10.1. The second kappa shape index (κ2) is 4.64. The van der Waals surface area contributed by atoms with Gasteiger partial charge in [-0.15, -0.1) is 0 Å². The third kappa shape index (κ3) is 2.29. The highest BCUT2D eigenvalue weighted by molar-refractivity contribution is 6.68. The van der Waals surface area contributed by atoms with Crippen LogP contribution in [0.3, 0.4) is 0 Å². The van der Waals surface area contributed by atoms with Crippen molar-refractivity contribution in [1.82, 2.24) is 5.16 Å². The van der Waals surface area contributed by atoms with Gasteiger partial charge < -0.3 is 4.52 Å². The van der Waals surface area contributed by atoms with Crippen LogP contribution in [0.1, 0.15) is 10.5 Å². The Morgan fingerprint density at radius 2 is 2.06 bits per heavy atom. The van der Waals surface area contributed by atoms with E-state index in [-0.39, 0.29) is 21.5 Å². The van der Waals surface area contributed by atoms with Crippen molar-refractivity contribution in [2.45, 2.75) is 0 Å². The van der Waals surface area contributed by atoms with Crippen LogP contribution in [-0.2, 0) is 0 Å². The van der Waals surface area contributed by atoms with Gasteiger partial charge in [0.2, 0.25) is 0 Å². The van der Waals surface area contributed by atoms with Gasteiger partial charge in [-0.25, -0.2) is 4.39 Å². The van der Waals surface area contributed by atoms with E-state index in [2.05, 4.69) is 5.16 Å². The second-order valence-corrected chi connectivity index (χ2v) is 4.21. The number of carbonyl (C=O) groups is 1. The molecule has 0 atom stereocenters. The number of nitrogens with zero attached hydrogens (tertiary/aromatic N) is 1. The van der Waals surface area contributed by atoms with Crippen molar-refractivity contribution in [3.8, 4) is 11.3 Å². The third-order valence-corrected chi connectivity index (χ3v) is 2.84. The number of halogens is 4. The number of benzene rings is 1. The maximum Gasteiger partial charge on any atom is 0.275 e. The summed E-state index contributed by atoms with van der Waals surface area (Å²) in [6, 6.07) is 3.95. The summed E-state index contributed by atoms with van der Waals surface area (Å²) in [6.07, 6.45) is 0. The Kier molecular flexibility index (Phi) is 3.38. The van der Waals surface area contributed by atoms with E-state index < -0.39 is 11.1 Å². The molecule has 0 radical (unpaired) electrons. The van der Waals surface area contributed by atoms with E-state index in [0.717, 1.165) is 6.07 Å². The minimum Gasteiger partial charge on any atom is -0.354 e. The standard InChI is InChI=1S/C10H3Cl3FNO2/c11-5-2-1-4(3-6(5)14)9-7(12)8(10(13)16)15-17-9/h1-3H. The first-order valence-electron chi connectivity index (χ1n) is 4.31. The maximum atomic E-state index is 13.2. The van der Waals surface area contributed by atoms with Crippen molar-refractivity contribution >= 4 is 40.0 Å². The highest BCUT2D eigenvalue weighted by atomic mass is 35.5. The predicted molar refractivity (Wildman–Crippen MR) is 62.1 cm³/mol. The van der Waals surface area contributed by atoms with Crippen LogP contribution >= 0.6 is 34.8 Å². The summed E-state index contributed by atoms with van der Waals surface area (Å²) in [5.74, 6) is -0.568. The van der Waals surface area contributed by atoms with Gasteiger partial charge in [0, 0.05) is 5.56 Å². The molecule has 0 N–H and O–H groups in total. The van der Waals surface area contributed by atoms with Crippen LogP contribution in [0.15, 0.2) is 22.7 Å². The molecule has 0 amide bonds. The van der Waals surface area contributed by atoms with Crippen LogP contribution in [0.5, 0.6) is 0 Å². The molecule has 0 saturated heterocycles. The molecule has 2 rings (SSSR count). The molecule has 0 aliphatic carbocycles. The molecule has 1 heterocycles. The van der Waals surface area contributed by atoms with Crippen LogP contribution in [0.25, 0.3) is 11.3 Å². The SMILES string of the molecule is O=C(Cl)c1noc(-c2ccc(Cl)c(F)c2)c1Cl. The van der Waals surface area contributed by atoms with Gasteiger partial charge >= 0.3 is 0 Å². The normalized spacial score (nSPS) is 10.6. The molecule has 1 aromatic carbocycles. The zero-order valence-corrected chi connectivity index (χ0v) is 10.3. The quantitative estimate of drug-likeness (QED) is 0.781. The first-order chi connectivity index (χ1) is 8.00. The van der Waals surface area contributed by atoms with Crippen LogP contribution in [0.2, 0.25) is 10.0 Å². The fourth-order valence-electron chi connectivity index (χ4n) is 1.22. The van der Waals surface area contributed by atoms with Crippen molar-refractivity contribution in [2.75, 3.05) is 0 Å². The van der Waals surface area contributed by atoms with Crippen molar-refractivity contribution in [2.24, 2.45) is 0 Å². The number of hydrogen-bond donors (Lipinski definition) is 0. The van der Waals surface area contributed by atoms with Crippen molar-refractivity contribution < 1.29 is 13.7 Å². The lowest BCUT2D eigenvalue weighted by molar-refractivity contribution is 0.107. The smallest absolute Gasteiger partial charge is 0.275 e. The Hall–Kier alpha value is -1.10. The van der Waals surface area contributed by atoms with Gasteiger partial charge in [-0.1, -0.05) is 28.4 Å². The van der Waals surface area contributed by atoms with E-state index in [1.54, 1.807) is 0 Å². The first kappa shape index (κ1) is 12.4. The molecule has 17 heavy (non-hydrogen) atoms. The van der Waals surface area contributed by atoms with E-state index in [0.29, 0.717) is 5.56 Å². The van der Waals surface area contributed by atoms with Gasteiger partial charge in [0.1, 0.15) is 10.8 Å². The molecule has 88 valence electrons. The summed E-state index contributed by atoms with van der Waals surface area (Å²) in [7, 11) is 0. The number of rotatable bonds is 2. The minimum atomic E-state index is -0.848. The summed E-state index contributed by atoms with van der Waals surface area (Å²) in [5, 5.41) is 2.46. The van der Waals surface area contributed by atoms with Crippen LogP contribution in [0.4, 0.5) is 4.39 Å². The average molecular weight is 294 g/mol. The molecule has 1 aromatic heterocycles. The fraction of sp³-hybridized carbons (Fsp3) is 0. The Morgan fingerprint density at radius 3 is 2.59 bits per heavy atom. The van der Waals surface area contributed by atoms with E-state index in [1.165, 1.54) is 12.1 Å². The van der Waals surface area contributed by atoms with E-state index in [4.69, 9.17) is 39.3 Å². The average Bonchev–Trinajstić information content (AvgIpc) is 2.64. The Labute approximate surface area is 110 Å². The highest BCUT2D eigenvalue weighted by Crippen LogP contribution is 2.32. The third-order valence-electron chi connectivity index (χ3n) is 2.00. The van der Waals surface area contributed by atoms with Crippen molar-refractivity contribution in [1.29, 1.82) is 0 Å². The van der Waals surface area contributed by atoms with Crippen LogP contribution < -0.4 is 0 Å². The minimum absolute atomic E-state index is 0.0296. The molecule has 0 bridgehead atoms. The van der Waals surface area contributed by atoms with Gasteiger partial charge in [-0.05, 0) is 29.8 Å². The van der Waals surface area contributed by atoms with Crippen LogP contribution in [-0.4, -0.2) is 10.4 Å². The zero-order valence-electron chi connectivity index (χ0n) is 8.01. The lowest BCUT2D eigenvalue weighted by Crippen LogP contribution is -1.88. The topological polar surface area (TPSA) is 43.1 Å². The summed E-state index contributed by atoms with van der Waals surface area (Å²) in [5.41, 5.74) is 0.104. The van der Waals surface area contributed by atoms with Gasteiger partial charge in [-0.2, -0.15) is 0 Å². The summed E-state index contributed by atoms with van der Waals surface area (Å²) >= 11 is 16.6. The highest BCUT2D eigenvalue weighted by Gasteiger charge is 2.20. The number of carbonyl (C=O) groups excluding carboxylic acids is 1. The molecule has 2 aromatic rings. The second-order valence-electron chi connectivity index (χ2n) is 3.08. The van der Waals surface area contributed by atoms with Gasteiger partial charge in [0.25, 0.3) is 5.24 Å². The molecule has 0 aliphatic rings. The van der Waals surface area contributed by atoms with Gasteiger partial charge in [0.05, 0.1) is 5.02 Å². The van der Waals surface area contributed by atoms with Crippen molar-refractivity contribution in [3.63, 3.8) is 0 Å². The lowest BCUT2D eigenvalue weighted by Gasteiger charge is -1.98. The Bertz CT molecular complexity index is 597. The molecule has 0 aliphatic heterocycles. The van der Waals surface area contributed by atoms with Crippen molar-refractivity contribution in [3.05, 3.63) is 39.8 Å². The largest absolute Gasteiger partial charge is 0.354 e.